The van der Waals surface area contributed by atoms with Gasteiger partial charge >= 0.3 is 13.8 Å². The highest BCUT2D eigenvalue weighted by Gasteiger charge is 2.34. The molecule has 0 aliphatic carbocycles. The maximum absolute atomic E-state index is 12.4. The van der Waals surface area contributed by atoms with Crippen molar-refractivity contribution in [3.05, 3.63) is 61.6 Å². The molecule has 0 amide bonds. The molecule has 1 unspecified atom stereocenters. The van der Waals surface area contributed by atoms with E-state index in [0.717, 1.165) is 17.1 Å². The molecule has 0 aliphatic heterocycles. The van der Waals surface area contributed by atoms with E-state index >= 15 is 0 Å². The number of benzene rings is 2. The van der Waals surface area contributed by atoms with Crippen LogP contribution in [0.4, 0.5) is 8.78 Å². The Morgan fingerprint density at radius 1 is 1.21 bits per heavy atom. The van der Waals surface area contributed by atoms with Gasteiger partial charge in [0.1, 0.15) is 5.75 Å². The van der Waals surface area contributed by atoms with Gasteiger partial charge < -0.3 is 9.42 Å². The molecule has 1 N–H and O–H groups in total. The Morgan fingerprint density at radius 2 is 1.88 bits per heavy atom. The topological polar surface area (TPSA) is 46.5 Å². The minimum atomic E-state index is -4.96. The predicted molar refractivity (Wildman–Crippen MR) is 105 cm³/mol. The molecule has 0 spiro atoms. The minimum Gasteiger partial charge on any atom is -0.420 e. The molecule has 0 saturated carbocycles. The Balaban J connectivity index is 1.96. The molecule has 0 heterocycles. The monoisotopic (exact) mass is 548 g/mol. The first-order chi connectivity index (χ1) is 11.3. The molecule has 1 atom stereocenters. The van der Waals surface area contributed by atoms with E-state index in [2.05, 4.69) is 55.2 Å². The predicted octanol–water partition coefficient (Wildman–Crippen LogP) is 6.27. The Kier molecular flexibility index (Phi) is 7.55. The highest BCUT2D eigenvalue weighted by molar-refractivity contribution is 14.1. The Labute approximate surface area is 165 Å². The second kappa shape index (κ2) is 8.98. The average molecular weight is 549 g/mol. The van der Waals surface area contributed by atoms with Gasteiger partial charge in [-0.05, 0) is 73.9 Å². The summed E-state index contributed by atoms with van der Waals surface area (Å²) in [7, 11) is -4.96. The summed E-state index contributed by atoms with van der Waals surface area (Å²) in [5, 5.41) is 0. The third-order valence-corrected chi connectivity index (χ3v) is 6.22. The van der Waals surface area contributed by atoms with E-state index < -0.39 is 13.8 Å². The summed E-state index contributed by atoms with van der Waals surface area (Å²) < 4.78 is 42.1. The molecule has 0 fully saturated rings. The number of rotatable bonds is 7. The molecular weight excluding hydrogens is 536 g/mol. The number of halogens is 4. The fourth-order valence-electron chi connectivity index (χ4n) is 1.80. The standard InChI is InChI=1S/C15H13BrF2IO3PS/c16-13-7-11(4-5-14(13)22-23(20,21)15(17)18)9-24-8-10-2-1-3-12(19)6-10/h1-7,15H,8-9H2,(H,20,21). The molecule has 2 aromatic carbocycles. The highest BCUT2D eigenvalue weighted by atomic mass is 127. The van der Waals surface area contributed by atoms with Gasteiger partial charge in [0.2, 0.25) is 0 Å². The van der Waals surface area contributed by atoms with Gasteiger partial charge in [-0.3, -0.25) is 0 Å². The van der Waals surface area contributed by atoms with Crippen molar-refractivity contribution in [1.82, 2.24) is 0 Å². The van der Waals surface area contributed by atoms with Crippen LogP contribution in [0.2, 0.25) is 0 Å². The third-order valence-electron chi connectivity index (χ3n) is 2.90. The molecule has 0 bridgehead atoms. The lowest BCUT2D eigenvalue weighted by Crippen LogP contribution is -2.01. The summed E-state index contributed by atoms with van der Waals surface area (Å²) in [6, 6.07) is 13.0. The SMILES string of the molecule is O=P(O)(Oc1ccc(CSCc2cccc(I)c2)cc1Br)C(F)F. The van der Waals surface area contributed by atoms with E-state index in [0.29, 0.717) is 4.47 Å². The van der Waals surface area contributed by atoms with Crippen molar-refractivity contribution in [3.63, 3.8) is 0 Å². The molecule has 2 rings (SSSR count). The molecular formula is C15H13BrF2IO3PS. The van der Waals surface area contributed by atoms with Crippen LogP contribution in [0.1, 0.15) is 11.1 Å². The van der Waals surface area contributed by atoms with Crippen LogP contribution < -0.4 is 4.52 Å². The van der Waals surface area contributed by atoms with E-state index in [1.165, 1.54) is 15.2 Å². The maximum Gasteiger partial charge on any atom is 0.442 e. The number of thioether (sulfide) groups is 1. The van der Waals surface area contributed by atoms with Crippen LogP contribution in [0.25, 0.3) is 0 Å². The first-order valence-electron chi connectivity index (χ1n) is 6.69. The fourth-order valence-corrected chi connectivity index (χ4v) is 4.50. The van der Waals surface area contributed by atoms with Crippen molar-refractivity contribution in [2.75, 3.05) is 0 Å². The smallest absolute Gasteiger partial charge is 0.420 e. The van der Waals surface area contributed by atoms with Crippen molar-refractivity contribution in [3.8, 4) is 5.75 Å². The van der Waals surface area contributed by atoms with Gasteiger partial charge in [0.15, 0.2) is 0 Å². The zero-order chi connectivity index (χ0) is 17.7. The zero-order valence-corrected chi connectivity index (χ0v) is 17.6. The van der Waals surface area contributed by atoms with E-state index in [-0.39, 0.29) is 5.75 Å². The Bertz CT molecular complexity index is 763. The Hall–Kier alpha value is -0.150. The van der Waals surface area contributed by atoms with E-state index in [1.807, 2.05) is 12.1 Å². The minimum absolute atomic E-state index is 0.0764. The second-order valence-corrected chi connectivity index (χ2v) is 9.61. The van der Waals surface area contributed by atoms with Crippen molar-refractivity contribution < 1.29 is 22.8 Å². The van der Waals surface area contributed by atoms with Crippen molar-refractivity contribution in [2.24, 2.45) is 0 Å². The van der Waals surface area contributed by atoms with Gasteiger partial charge in [-0.2, -0.15) is 20.5 Å². The van der Waals surface area contributed by atoms with Crippen molar-refractivity contribution >= 4 is 57.9 Å². The average Bonchev–Trinajstić information content (AvgIpc) is 2.50. The van der Waals surface area contributed by atoms with E-state index in [1.54, 1.807) is 23.9 Å². The summed E-state index contributed by atoms with van der Waals surface area (Å²) in [4.78, 5) is 9.09. The van der Waals surface area contributed by atoms with Gasteiger partial charge in [-0.1, -0.05) is 18.2 Å². The Morgan fingerprint density at radius 3 is 2.46 bits per heavy atom. The van der Waals surface area contributed by atoms with Crippen molar-refractivity contribution in [1.29, 1.82) is 0 Å². The van der Waals surface area contributed by atoms with Crippen LogP contribution in [-0.2, 0) is 16.1 Å². The first kappa shape index (κ1) is 20.2. The molecule has 9 heteroatoms. The lowest BCUT2D eigenvalue weighted by atomic mass is 10.2. The summed E-state index contributed by atoms with van der Waals surface area (Å²) in [6.07, 6.45) is -3.44. The molecule has 0 radical (unpaired) electrons. The third kappa shape index (κ3) is 5.98. The lowest BCUT2D eigenvalue weighted by molar-refractivity contribution is 0.188. The fraction of sp³-hybridized carbons (Fsp3) is 0.200. The largest absolute Gasteiger partial charge is 0.442 e. The molecule has 0 aliphatic rings. The van der Waals surface area contributed by atoms with Crippen LogP contribution in [0, 0.1) is 3.57 Å². The zero-order valence-electron chi connectivity index (χ0n) is 12.2. The van der Waals surface area contributed by atoms with Gasteiger partial charge in [0.25, 0.3) is 0 Å². The van der Waals surface area contributed by atoms with Gasteiger partial charge in [-0.15, -0.1) is 0 Å². The van der Waals surface area contributed by atoms with E-state index in [4.69, 9.17) is 4.89 Å². The van der Waals surface area contributed by atoms with Crippen LogP contribution in [0.5, 0.6) is 5.75 Å². The summed E-state index contributed by atoms with van der Waals surface area (Å²) >= 11 is 7.16. The van der Waals surface area contributed by atoms with Crippen molar-refractivity contribution in [2.45, 2.75) is 17.7 Å². The molecule has 130 valence electrons. The molecule has 24 heavy (non-hydrogen) atoms. The number of alkyl halides is 2. The molecule has 2 aromatic rings. The van der Waals surface area contributed by atoms with Crippen LogP contribution in [-0.4, -0.2) is 11.1 Å². The van der Waals surface area contributed by atoms with Gasteiger partial charge in [0.05, 0.1) is 4.47 Å². The number of hydrogen-bond acceptors (Lipinski definition) is 3. The molecule has 0 aromatic heterocycles. The van der Waals surface area contributed by atoms with Crippen LogP contribution in [0.3, 0.4) is 0 Å². The highest BCUT2D eigenvalue weighted by Crippen LogP contribution is 2.50. The van der Waals surface area contributed by atoms with Crippen LogP contribution in [0.15, 0.2) is 46.9 Å². The maximum atomic E-state index is 12.4. The van der Waals surface area contributed by atoms with Gasteiger partial charge in [-0.25, -0.2) is 4.57 Å². The summed E-state index contributed by atoms with van der Waals surface area (Å²) in [5.74, 6) is 1.49. The first-order valence-corrected chi connectivity index (χ1v) is 11.4. The van der Waals surface area contributed by atoms with Gasteiger partial charge in [0, 0.05) is 15.1 Å². The normalized spacial score (nSPS) is 13.8. The van der Waals surface area contributed by atoms with E-state index in [9.17, 15) is 13.3 Å². The quantitative estimate of drug-likeness (QED) is 0.327. The molecule has 3 nitrogen and oxygen atoms in total. The summed E-state index contributed by atoms with van der Waals surface area (Å²) in [5.41, 5.74) is 2.18. The molecule has 0 saturated heterocycles. The van der Waals surface area contributed by atoms with Crippen LogP contribution >= 0.6 is 57.9 Å². The summed E-state index contributed by atoms with van der Waals surface area (Å²) in [6.45, 7) is 0. The second-order valence-electron chi connectivity index (χ2n) is 4.82. The lowest BCUT2D eigenvalue weighted by Gasteiger charge is -2.14. The number of hydrogen-bond donors (Lipinski definition) is 1.